The fourth-order valence-electron chi connectivity index (χ4n) is 8.59. The fourth-order valence-corrected chi connectivity index (χ4v) is 8.59. The summed E-state index contributed by atoms with van der Waals surface area (Å²) in [5.41, 5.74) is 0. The van der Waals surface area contributed by atoms with Crippen LogP contribution in [0.3, 0.4) is 0 Å². The number of carbonyl (C=O) groups excluding carboxylic acids is 2. The lowest BCUT2D eigenvalue weighted by atomic mass is 10.0. The number of carbonyl (C=O) groups is 2. The third-order valence-electron chi connectivity index (χ3n) is 12.9. The molecule has 0 heterocycles. The Morgan fingerprint density at radius 3 is 1.19 bits per heavy atom. The van der Waals surface area contributed by atoms with Crippen LogP contribution >= 0.6 is 0 Å². The van der Waals surface area contributed by atoms with E-state index in [1.165, 1.54) is 218 Å². The molecule has 0 spiro atoms. The molecule has 0 saturated heterocycles. The zero-order valence-electron chi connectivity index (χ0n) is 42.8. The molecule has 0 aromatic heterocycles. The summed E-state index contributed by atoms with van der Waals surface area (Å²) in [7, 11) is 0. The Labute approximate surface area is 398 Å². The minimum atomic E-state index is -0.847. The largest absolute Gasteiger partial charge is 0.465 e. The van der Waals surface area contributed by atoms with Gasteiger partial charge in [0.05, 0.1) is 25.4 Å². The molecule has 2 atom stereocenters. The van der Waals surface area contributed by atoms with Gasteiger partial charge in [-0.1, -0.05) is 269 Å². The fraction of sp³-hybridized carbons (Fsp3) is 0.862. The Balaban J connectivity index is 3.48. The number of allylic oxidation sites excluding steroid dienone is 4. The molecule has 0 aromatic carbocycles. The highest BCUT2D eigenvalue weighted by Gasteiger charge is 2.18. The summed E-state index contributed by atoms with van der Waals surface area (Å²) in [6.07, 6.45) is 66.1. The molecular formula is C58H109NO5. The van der Waals surface area contributed by atoms with Gasteiger partial charge in [-0.05, 0) is 51.4 Å². The van der Waals surface area contributed by atoms with Gasteiger partial charge in [0.2, 0.25) is 5.91 Å². The van der Waals surface area contributed by atoms with Gasteiger partial charge >= 0.3 is 5.97 Å². The van der Waals surface area contributed by atoms with E-state index >= 15 is 0 Å². The molecule has 2 unspecified atom stereocenters. The van der Waals surface area contributed by atoms with Crippen LogP contribution in [0.1, 0.15) is 296 Å². The number of ether oxygens (including phenoxy) is 1. The van der Waals surface area contributed by atoms with Gasteiger partial charge in [0.25, 0.3) is 0 Å². The quantitative estimate of drug-likeness (QED) is 0.0321. The van der Waals surface area contributed by atoms with Gasteiger partial charge in [-0.25, -0.2) is 0 Å². The predicted molar refractivity (Wildman–Crippen MR) is 278 cm³/mol. The molecule has 6 nitrogen and oxygen atoms in total. The second kappa shape index (κ2) is 53.7. The van der Waals surface area contributed by atoms with Crippen molar-refractivity contribution in [2.24, 2.45) is 0 Å². The van der Waals surface area contributed by atoms with Crippen molar-refractivity contribution in [2.75, 3.05) is 13.2 Å². The molecule has 0 radical (unpaired) electrons. The van der Waals surface area contributed by atoms with E-state index in [4.69, 9.17) is 4.74 Å². The number of hydrogen-bond acceptors (Lipinski definition) is 5. The maximum absolute atomic E-state index is 12.4. The number of hydrogen-bond donors (Lipinski definition) is 3. The van der Waals surface area contributed by atoms with E-state index in [0.717, 1.165) is 51.4 Å². The van der Waals surface area contributed by atoms with E-state index in [1.807, 2.05) is 6.08 Å². The van der Waals surface area contributed by atoms with Gasteiger partial charge in [0, 0.05) is 12.8 Å². The molecule has 0 rings (SSSR count). The second-order valence-corrected chi connectivity index (χ2v) is 19.3. The van der Waals surface area contributed by atoms with Crippen LogP contribution < -0.4 is 5.32 Å². The molecule has 376 valence electrons. The second-order valence-electron chi connectivity index (χ2n) is 19.3. The molecule has 0 bridgehead atoms. The maximum atomic E-state index is 12.4. The van der Waals surface area contributed by atoms with E-state index in [1.54, 1.807) is 6.08 Å². The summed E-state index contributed by atoms with van der Waals surface area (Å²) in [6, 6.07) is -0.631. The molecule has 0 aliphatic heterocycles. The van der Waals surface area contributed by atoms with Crippen molar-refractivity contribution in [3.63, 3.8) is 0 Å². The summed E-state index contributed by atoms with van der Waals surface area (Å²) in [4.78, 5) is 24.4. The van der Waals surface area contributed by atoms with Crippen LogP contribution in [-0.4, -0.2) is 47.4 Å². The minimum Gasteiger partial charge on any atom is -0.465 e. The van der Waals surface area contributed by atoms with Crippen LogP contribution in [0.25, 0.3) is 0 Å². The van der Waals surface area contributed by atoms with Crippen molar-refractivity contribution in [1.29, 1.82) is 0 Å². The number of amides is 1. The highest BCUT2D eigenvalue weighted by Crippen LogP contribution is 2.16. The Bertz CT molecular complexity index is 1040. The smallest absolute Gasteiger partial charge is 0.305 e. The van der Waals surface area contributed by atoms with Crippen LogP contribution in [0.5, 0.6) is 0 Å². The van der Waals surface area contributed by atoms with E-state index in [9.17, 15) is 19.8 Å². The first-order valence-electron chi connectivity index (χ1n) is 28.3. The van der Waals surface area contributed by atoms with Crippen LogP contribution in [0.15, 0.2) is 36.5 Å². The molecule has 1 amide bonds. The van der Waals surface area contributed by atoms with Crippen molar-refractivity contribution in [1.82, 2.24) is 5.32 Å². The monoisotopic (exact) mass is 900 g/mol. The van der Waals surface area contributed by atoms with Gasteiger partial charge in [-0.3, -0.25) is 9.59 Å². The highest BCUT2D eigenvalue weighted by molar-refractivity contribution is 5.76. The molecule has 0 aliphatic rings. The number of aliphatic hydroxyl groups is 2. The summed E-state index contributed by atoms with van der Waals surface area (Å²) in [5.74, 6) is -0.108. The van der Waals surface area contributed by atoms with Gasteiger partial charge in [0.15, 0.2) is 0 Å². The Morgan fingerprint density at radius 2 is 0.781 bits per heavy atom. The molecule has 64 heavy (non-hydrogen) atoms. The van der Waals surface area contributed by atoms with Gasteiger partial charge < -0.3 is 20.3 Å². The maximum Gasteiger partial charge on any atom is 0.305 e. The summed E-state index contributed by atoms with van der Waals surface area (Å²) in [5, 5.41) is 23.1. The van der Waals surface area contributed by atoms with E-state index in [-0.39, 0.29) is 18.5 Å². The molecule has 6 heteroatoms. The molecule has 0 aliphatic carbocycles. The summed E-state index contributed by atoms with van der Waals surface area (Å²) < 4.78 is 5.40. The number of nitrogens with one attached hydrogen (secondary N) is 1. The van der Waals surface area contributed by atoms with Crippen LogP contribution in [0, 0.1) is 0 Å². The third kappa shape index (κ3) is 49.5. The van der Waals surface area contributed by atoms with Crippen LogP contribution in [0.2, 0.25) is 0 Å². The Morgan fingerprint density at radius 1 is 0.438 bits per heavy atom. The molecule has 3 N–H and O–H groups in total. The first-order chi connectivity index (χ1) is 31.5. The molecule has 0 aromatic rings. The zero-order chi connectivity index (χ0) is 46.5. The topological polar surface area (TPSA) is 95.9 Å². The van der Waals surface area contributed by atoms with Crippen molar-refractivity contribution >= 4 is 11.9 Å². The average molecular weight is 901 g/mol. The number of unbranched alkanes of at least 4 members (excludes halogenated alkanes) is 37. The third-order valence-corrected chi connectivity index (χ3v) is 12.9. The number of aliphatic hydroxyl groups excluding tert-OH is 2. The first kappa shape index (κ1) is 62.1. The van der Waals surface area contributed by atoms with Gasteiger partial charge in [-0.15, -0.1) is 0 Å². The lowest BCUT2D eigenvalue weighted by Gasteiger charge is -2.20. The molecular weight excluding hydrogens is 791 g/mol. The minimum absolute atomic E-state index is 0.0355. The highest BCUT2D eigenvalue weighted by atomic mass is 16.5. The number of esters is 1. The lowest BCUT2D eigenvalue weighted by molar-refractivity contribution is -0.143. The van der Waals surface area contributed by atoms with Crippen molar-refractivity contribution in [2.45, 2.75) is 309 Å². The van der Waals surface area contributed by atoms with Gasteiger partial charge in [0.1, 0.15) is 0 Å². The Kier molecular flexibility index (Phi) is 52.1. The van der Waals surface area contributed by atoms with Gasteiger partial charge in [-0.2, -0.15) is 0 Å². The standard InChI is InChI=1S/C58H109NO5/c1-3-5-7-9-11-13-15-17-27-30-34-38-42-46-50-56(61)55(54-60)59-57(62)51-47-43-39-35-31-28-25-23-21-19-18-20-22-24-26-29-33-37-41-45-49-53-64-58(63)52-48-44-40-36-32-16-14-12-10-8-6-4-2/h29,33,41,45-46,50,55-56,60-61H,3-28,30-32,34-40,42-44,47-49,51-54H2,1-2H3,(H,59,62)/b33-29-,45-41-,50-46+. The Hall–Kier alpha value is -1.92. The van der Waals surface area contributed by atoms with Crippen LogP contribution in [-0.2, 0) is 14.3 Å². The lowest BCUT2D eigenvalue weighted by Crippen LogP contribution is -2.45. The average Bonchev–Trinajstić information content (AvgIpc) is 3.29. The summed E-state index contributed by atoms with van der Waals surface area (Å²) >= 11 is 0. The van der Waals surface area contributed by atoms with Crippen LogP contribution in [0.4, 0.5) is 0 Å². The van der Waals surface area contributed by atoms with Crippen molar-refractivity contribution in [3.05, 3.63) is 36.5 Å². The van der Waals surface area contributed by atoms with E-state index < -0.39 is 12.1 Å². The SMILES string of the molecule is CCCCCCCCCCCCCC/C=C/C(O)C(CO)NC(=O)CCCCCCCCCCCCCCCC/C=C\C/C=C\CCOC(=O)CCCCCCCCCCCCCC. The molecule has 0 fully saturated rings. The molecule has 0 saturated carbocycles. The summed E-state index contributed by atoms with van der Waals surface area (Å²) in [6.45, 7) is 4.79. The van der Waals surface area contributed by atoms with Crippen molar-refractivity contribution in [3.8, 4) is 0 Å². The first-order valence-corrected chi connectivity index (χ1v) is 28.3. The van der Waals surface area contributed by atoms with E-state index in [2.05, 4.69) is 43.5 Å². The zero-order valence-corrected chi connectivity index (χ0v) is 42.8. The normalized spacial score (nSPS) is 12.9. The van der Waals surface area contributed by atoms with E-state index in [0.29, 0.717) is 19.4 Å². The predicted octanol–water partition coefficient (Wildman–Crippen LogP) is 17.2. The van der Waals surface area contributed by atoms with Crippen molar-refractivity contribution < 1.29 is 24.5 Å². The number of rotatable bonds is 52.